The topological polar surface area (TPSA) is 144 Å². The molecule has 0 aliphatic carbocycles. The second-order valence-corrected chi connectivity index (χ2v) is 7.27. The lowest BCUT2D eigenvalue weighted by Gasteiger charge is -2.07. The lowest BCUT2D eigenvalue weighted by Crippen LogP contribution is -2.29. The van der Waals surface area contributed by atoms with Crippen molar-refractivity contribution in [1.29, 1.82) is 0 Å². The Hall–Kier alpha value is -1.27. The molecule has 0 bridgehead atoms. The molecule has 0 aliphatic heterocycles. The molecule has 112 valence electrons. The minimum Gasteiger partial charge on any atom is -0.286 e. The molecule has 12 heteroatoms. The fraction of sp³-hybridized carbons (Fsp3) is 0.250. The fourth-order valence-corrected chi connectivity index (χ4v) is 3.23. The Labute approximate surface area is 119 Å². The van der Waals surface area contributed by atoms with Crippen LogP contribution in [0.25, 0.3) is 0 Å². The molecule has 1 rings (SSSR count). The van der Waals surface area contributed by atoms with Gasteiger partial charge in [0, 0.05) is 18.7 Å². The summed E-state index contributed by atoms with van der Waals surface area (Å²) < 4.78 is 54.9. The quantitative estimate of drug-likeness (QED) is 0.432. The van der Waals surface area contributed by atoms with Gasteiger partial charge < -0.3 is 0 Å². The third-order valence-electron chi connectivity index (χ3n) is 2.07. The number of rotatable bonds is 6. The molecule has 0 radical (unpaired) electrons. The van der Waals surface area contributed by atoms with Gasteiger partial charge in [0.15, 0.2) is 0 Å². The van der Waals surface area contributed by atoms with E-state index < -0.39 is 47.9 Å². The normalized spacial score (nSPS) is 12.3. The van der Waals surface area contributed by atoms with E-state index in [9.17, 15) is 26.9 Å². The van der Waals surface area contributed by atoms with Gasteiger partial charge in [-0.05, 0) is 6.07 Å². The largest absolute Gasteiger partial charge is 0.286 e. The van der Waals surface area contributed by atoms with Crippen molar-refractivity contribution in [1.82, 2.24) is 4.72 Å². The Balaban J connectivity index is 3.03. The molecular weight excluding hydrogens is 336 g/mol. The third-order valence-corrected chi connectivity index (χ3v) is 4.73. The van der Waals surface area contributed by atoms with Crippen molar-refractivity contribution < 1.29 is 26.3 Å². The maximum absolute atomic E-state index is 11.8. The molecule has 0 aliphatic rings. The molecule has 1 aromatic carbocycles. The zero-order valence-corrected chi connectivity index (χ0v) is 12.1. The average Bonchev–Trinajstić information content (AvgIpc) is 2.26. The molecule has 0 aromatic heterocycles. The summed E-state index contributed by atoms with van der Waals surface area (Å²) >= 11 is 5.64. The van der Waals surface area contributed by atoms with Gasteiger partial charge in [-0.25, -0.2) is 13.1 Å². The molecule has 0 spiro atoms. The summed E-state index contributed by atoms with van der Waals surface area (Å²) in [7, 11) is -8.56. The van der Waals surface area contributed by atoms with Crippen molar-refractivity contribution in [2.75, 3.05) is 12.3 Å². The van der Waals surface area contributed by atoms with E-state index >= 15 is 0 Å². The van der Waals surface area contributed by atoms with Crippen LogP contribution < -0.4 is 4.72 Å². The lowest BCUT2D eigenvalue weighted by atomic mass is 10.3. The van der Waals surface area contributed by atoms with Crippen LogP contribution in [-0.2, 0) is 20.1 Å². The standard InChI is InChI=1S/C8H9ClN2O7S2/c9-7-2-1-6(11(12)13)5-8(7)20(17,18)10-3-4-19(14,15)16/h1-2,5,10H,3-4H2,(H,14,15,16). The highest BCUT2D eigenvalue weighted by Gasteiger charge is 2.21. The van der Waals surface area contributed by atoms with E-state index in [4.69, 9.17) is 16.2 Å². The van der Waals surface area contributed by atoms with Crippen LogP contribution in [0.3, 0.4) is 0 Å². The van der Waals surface area contributed by atoms with Crippen LogP contribution in [-0.4, -0.2) is 38.6 Å². The minimum atomic E-state index is -4.33. The number of non-ortho nitro benzene ring substituents is 1. The number of nitro groups is 1. The van der Waals surface area contributed by atoms with Crippen molar-refractivity contribution in [2.24, 2.45) is 0 Å². The average molecular weight is 345 g/mol. The summed E-state index contributed by atoms with van der Waals surface area (Å²) in [4.78, 5) is 9.22. The molecule has 0 amide bonds. The summed E-state index contributed by atoms with van der Waals surface area (Å²) in [6, 6.07) is 2.81. The molecule has 0 heterocycles. The van der Waals surface area contributed by atoms with Gasteiger partial charge in [-0.2, -0.15) is 8.42 Å². The number of sulfonamides is 1. The Morgan fingerprint density at radius 1 is 1.30 bits per heavy atom. The lowest BCUT2D eigenvalue weighted by molar-refractivity contribution is -0.385. The summed E-state index contributed by atoms with van der Waals surface area (Å²) in [6.07, 6.45) is 0. The molecule has 0 atom stereocenters. The summed E-state index contributed by atoms with van der Waals surface area (Å²) in [5.74, 6) is -0.835. The van der Waals surface area contributed by atoms with Crippen LogP contribution in [0, 0.1) is 10.1 Å². The van der Waals surface area contributed by atoms with Crippen LogP contribution in [0.4, 0.5) is 5.69 Å². The predicted octanol–water partition coefficient (Wildman–Crippen LogP) is 0.414. The molecule has 0 fully saturated rings. The number of nitrogens with zero attached hydrogens (tertiary/aromatic N) is 1. The monoisotopic (exact) mass is 344 g/mol. The maximum atomic E-state index is 11.8. The first-order chi connectivity index (χ1) is 9.03. The van der Waals surface area contributed by atoms with Gasteiger partial charge in [0.2, 0.25) is 10.0 Å². The number of halogens is 1. The second-order valence-electron chi connectivity index (χ2n) is 3.56. The Bertz CT molecular complexity index is 729. The summed E-state index contributed by atoms with van der Waals surface area (Å²) in [5, 5.41) is 10.3. The molecular formula is C8H9ClN2O7S2. The highest BCUT2D eigenvalue weighted by atomic mass is 35.5. The fourth-order valence-electron chi connectivity index (χ4n) is 1.19. The first kappa shape index (κ1) is 16.8. The third kappa shape index (κ3) is 4.68. The number of benzene rings is 1. The van der Waals surface area contributed by atoms with E-state index in [1.165, 1.54) is 0 Å². The Morgan fingerprint density at radius 2 is 1.90 bits per heavy atom. The summed E-state index contributed by atoms with van der Waals surface area (Å²) in [5.41, 5.74) is -0.482. The number of hydrogen-bond acceptors (Lipinski definition) is 6. The predicted molar refractivity (Wildman–Crippen MR) is 69.7 cm³/mol. The first-order valence-corrected chi connectivity index (χ1v) is 8.39. The van der Waals surface area contributed by atoms with Gasteiger partial charge in [-0.15, -0.1) is 0 Å². The second kappa shape index (κ2) is 6.01. The van der Waals surface area contributed by atoms with Crippen molar-refractivity contribution in [3.63, 3.8) is 0 Å². The smallest absolute Gasteiger partial charge is 0.270 e. The first-order valence-electron chi connectivity index (χ1n) is 4.92. The van der Waals surface area contributed by atoms with Gasteiger partial charge >= 0.3 is 0 Å². The highest BCUT2D eigenvalue weighted by Crippen LogP contribution is 2.25. The Kier molecular flexibility index (Phi) is 5.05. The molecule has 1 aromatic rings. The van der Waals surface area contributed by atoms with Crippen LogP contribution >= 0.6 is 11.6 Å². The molecule has 0 unspecified atom stereocenters. The van der Waals surface area contributed by atoms with Crippen molar-refractivity contribution in [3.05, 3.63) is 33.3 Å². The van der Waals surface area contributed by atoms with E-state index in [0.717, 1.165) is 18.2 Å². The molecule has 2 N–H and O–H groups in total. The van der Waals surface area contributed by atoms with Crippen LogP contribution in [0.5, 0.6) is 0 Å². The number of nitrogens with one attached hydrogen (secondary N) is 1. The Morgan fingerprint density at radius 3 is 2.40 bits per heavy atom. The van der Waals surface area contributed by atoms with Crippen molar-refractivity contribution in [2.45, 2.75) is 4.90 Å². The van der Waals surface area contributed by atoms with Crippen LogP contribution in [0.2, 0.25) is 5.02 Å². The zero-order valence-electron chi connectivity index (χ0n) is 9.68. The van der Waals surface area contributed by atoms with Gasteiger partial charge in [-0.1, -0.05) is 11.6 Å². The van der Waals surface area contributed by atoms with Gasteiger partial charge in [0.1, 0.15) is 4.90 Å². The van der Waals surface area contributed by atoms with E-state index in [2.05, 4.69) is 0 Å². The highest BCUT2D eigenvalue weighted by molar-refractivity contribution is 7.89. The van der Waals surface area contributed by atoms with E-state index in [1.807, 2.05) is 4.72 Å². The van der Waals surface area contributed by atoms with Gasteiger partial charge in [0.25, 0.3) is 15.8 Å². The zero-order chi connectivity index (χ0) is 15.6. The van der Waals surface area contributed by atoms with Crippen molar-refractivity contribution in [3.8, 4) is 0 Å². The summed E-state index contributed by atoms with van der Waals surface area (Å²) in [6.45, 7) is -0.597. The maximum Gasteiger partial charge on any atom is 0.270 e. The number of nitro benzene ring substituents is 1. The van der Waals surface area contributed by atoms with Gasteiger partial charge in [0.05, 0.1) is 15.7 Å². The van der Waals surface area contributed by atoms with Crippen molar-refractivity contribution >= 4 is 37.4 Å². The number of hydrogen-bond donors (Lipinski definition) is 2. The molecule has 20 heavy (non-hydrogen) atoms. The van der Waals surface area contributed by atoms with E-state index in [0.29, 0.717) is 0 Å². The molecule has 0 saturated heterocycles. The van der Waals surface area contributed by atoms with Crippen LogP contribution in [0.15, 0.2) is 23.1 Å². The molecule has 9 nitrogen and oxygen atoms in total. The van der Waals surface area contributed by atoms with E-state index in [1.54, 1.807) is 0 Å². The van der Waals surface area contributed by atoms with Gasteiger partial charge in [-0.3, -0.25) is 14.7 Å². The van der Waals surface area contributed by atoms with E-state index in [-0.39, 0.29) is 5.02 Å². The molecule has 0 saturated carbocycles. The minimum absolute atomic E-state index is 0.255. The van der Waals surface area contributed by atoms with Crippen LogP contribution in [0.1, 0.15) is 0 Å². The SMILES string of the molecule is O=[N+]([O-])c1ccc(Cl)c(S(=O)(=O)NCCS(=O)(=O)O)c1.